The molecule has 1 N–H and O–H groups in total. The van der Waals surface area contributed by atoms with Gasteiger partial charge in [0, 0.05) is 6.54 Å². The van der Waals surface area contributed by atoms with Gasteiger partial charge in [-0.15, -0.1) is 0 Å². The van der Waals surface area contributed by atoms with Crippen LogP contribution in [0, 0.1) is 0 Å². The Hall–Kier alpha value is -2.04. The van der Waals surface area contributed by atoms with E-state index >= 15 is 0 Å². The lowest BCUT2D eigenvalue weighted by Gasteiger charge is -2.24. The lowest BCUT2D eigenvalue weighted by atomic mass is 10.1. The molecule has 0 saturated carbocycles. The Kier molecular flexibility index (Phi) is 4.93. The molecule has 2 aromatic carbocycles. The van der Waals surface area contributed by atoms with Crippen molar-refractivity contribution < 1.29 is 14.2 Å². The van der Waals surface area contributed by atoms with Crippen LogP contribution < -0.4 is 14.8 Å². The zero-order valence-electron chi connectivity index (χ0n) is 12.7. The van der Waals surface area contributed by atoms with Crippen LogP contribution in [0.3, 0.4) is 0 Å². The van der Waals surface area contributed by atoms with E-state index < -0.39 is 0 Å². The third kappa shape index (κ3) is 3.59. The minimum Gasteiger partial charge on any atom is -0.493 e. The predicted molar refractivity (Wildman–Crippen MR) is 85.3 cm³/mol. The highest BCUT2D eigenvalue weighted by molar-refractivity contribution is 5.44. The van der Waals surface area contributed by atoms with Crippen molar-refractivity contribution in [3.8, 4) is 11.5 Å². The maximum atomic E-state index is 5.88. The molecular weight excluding hydrogens is 278 g/mol. The molecule has 2 aromatic rings. The second-order valence-corrected chi connectivity index (χ2v) is 5.27. The summed E-state index contributed by atoms with van der Waals surface area (Å²) in [4.78, 5) is 0. The number of morpholine rings is 1. The molecule has 0 unspecified atom stereocenters. The topological polar surface area (TPSA) is 39.7 Å². The van der Waals surface area contributed by atoms with E-state index in [2.05, 4.69) is 11.4 Å². The molecule has 1 saturated heterocycles. The number of methoxy groups -OCH3 is 1. The Morgan fingerprint density at radius 2 is 2.00 bits per heavy atom. The van der Waals surface area contributed by atoms with Crippen molar-refractivity contribution in [1.29, 1.82) is 0 Å². The highest BCUT2D eigenvalue weighted by Crippen LogP contribution is 2.31. The fraction of sp³-hybridized carbons (Fsp3) is 0.333. The molecule has 1 aliphatic heterocycles. The molecule has 1 heterocycles. The molecule has 0 amide bonds. The average molecular weight is 299 g/mol. The Morgan fingerprint density at radius 1 is 1.14 bits per heavy atom. The monoisotopic (exact) mass is 299 g/mol. The van der Waals surface area contributed by atoms with Gasteiger partial charge < -0.3 is 19.5 Å². The van der Waals surface area contributed by atoms with Crippen LogP contribution in [0.25, 0.3) is 0 Å². The van der Waals surface area contributed by atoms with Gasteiger partial charge in [-0.3, -0.25) is 0 Å². The van der Waals surface area contributed by atoms with E-state index in [4.69, 9.17) is 14.2 Å². The van der Waals surface area contributed by atoms with Gasteiger partial charge in [-0.05, 0) is 23.3 Å². The molecule has 0 aromatic heterocycles. The molecule has 1 aliphatic rings. The largest absolute Gasteiger partial charge is 0.493 e. The van der Waals surface area contributed by atoms with Crippen molar-refractivity contribution in [1.82, 2.24) is 5.32 Å². The lowest BCUT2D eigenvalue weighted by molar-refractivity contribution is 0.0768. The number of nitrogens with one attached hydrogen (secondary N) is 1. The molecule has 4 nitrogen and oxygen atoms in total. The first-order valence-electron chi connectivity index (χ1n) is 7.52. The minimum atomic E-state index is 0.214. The van der Waals surface area contributed by atoms with Crippen LogP contribution in [0.4, 0.5) is 0 Å². The van der Waals surface area contributed by atoms with Crippen molar-refractivity contribution in [2.75, 3.05) is 26.9 Å². The summed E-state index contributed by atoms with van der Waals surface area (Å²) in [6.07, 6.45) is 0. The first-order valence-corrected chi connectivity index (χ1v) is 7.52. The van der Waals surface area contributed by atoms with Gasteiger partial charge >= 0.3 is 0 Å². The van der Waals surface area contributed by atoms with Gasteiger partial charge in [-0.1, -0.05) is 36.4 Å². The maximum absolute atomic E-state index is 5.88. The summed E-state index contributed by atoms with van der Waals surface area (Å²) < 4.78 is 16.9. The Bertz CT molecular complexity index is 595. The molecule has 0 radical (unpaired) electrons. The van der Waals surface area contributed by atoms with E-state index in [0.29, 0.717) is 13.2 Å². The molecule has 1 atom stereocenters. The van der Waals surface area contributed by atoms with E-state index in [1.807, 2.05) is 42.5 Å². The first kappa shape index (κ1) is 14.9. The lowest BCUT2D eigenvalue weighted by Crippen LogP contribution is -2.34. The summed E-state index contributed by atoms with van der Waals surface area (Å²) in [5.41, 5.74) is 2.29. The summed E-state index contributed by atoms with van der Waals surface area (Å²) in [7, 11) is 1.67. The van der Waals surface area contributed by atoms with Crippen LogP contribution in [0.1, 0.15) is 17.2 Å². The fourth-order valence-corrected chi connectivity index (χ4v) is 2.53. The zero-order chi connectivity index (χ0) is 15.2. The first-order chi connectivity index (χ1) is 10.9. The SMILES string of the molecule is COc1cc([C@H]2COCCN2)ccc1OCc1ccccc1. The van der Waals surface area contributed by atoms with Crippen LogP contribution in [-0.4, -0.2) is 26.9 Å². The van der Waals surface area contributed by atoms with Gasteiger partial charge in [0.2, 0.25) is 0 Å². The molecule has 1 fully saturated rings. The van der Waals surface area contributed by atoms with E-state index in [-0.39, 0.29) is 6.04 Å². The Balaban J connectivity index is 1.71. The Labute approximate surface area is 131 Å². The zero-order valence-corrected chi connectivity index (χ0v) is 12.7. The van der Waals surface area contributed by atoms with E-state index in [1.54, 1.807) is 7.11 Å². The summed E-state index contributed by atoms with van der Waals surface area (Å²) in [6.45, 7) is 2.86. The molecular formula is C18H21NO3. The van der Waals surface area contributed by atoms with Crippen LogP contribution in [-0.2, 0) is 11.3 Å². The normalized spacial score (nSPS) is 18.0. The van der Waals surface area contributed by atoms with Crippen molar-refractivity contribution in [3.05, 3.63) is 59.7 Å². The van der Waals surface area contributed by atoms with Crippen molar-refractivity contribution >= 4 is 0 Å². The maximum Gasteiger partial charge on any atom is 0.161 e. The highest BCUT2D eigenvalue weighted by Gasteiger charge is 2.17. The summed E-state index contributed by atoms with van der Waals surface area (Å²) >= 11 is 0. The van der Waals surface area contributed by atoms with E-state index in [1.165, 1.54) is 0 Å². The molecule has 0 spiro atoms. The van der Waals surface area contributed by atoms with Gasteiger partial charge in [-0.25, -0.2) is 0 Å². The standard InChI is InChI=1S/C18H21NO3/c1-20-18-11-15(16-13-21-10-9-19-16)7-8-17(18)22-12-14-5-3-2-4-6-14/h2-8,11,16,19H,9-10,12-13H2,1H3/t16-/m1/s1. The van der Waals surface area contributed by atoms with Gasteiger partial charge in [0.05, 0.1) is 26.4 Å². The Morgan fingerprint density at radius 3 is 2.73 bits per heavy atom. The van der Waals surface area contributed by atoms with Crippen molar-refractivity contribution in [2.45, 2.75) is 12.6 Å². The fourth-order valence-electron chi connectivity index (χ4n) is 2.53. The number of benzene rings is 2. The quantitative estimate of drug-likeness (QED) is 0.921. The van der Waals surface area contributed by atoms with Crippen molar-refractivity contribution in [2.24, 2.45) is 0 Å². The molecule has 4 heteroatoms. The third-order valence-corrected chi connectivity index (χ3v) is 3.75. The van der Waals surface area contributed by atoms with Gasteiger partial charge in [0.25, 0.3) is 0 Å². The number of hydrogen-bond acceptors (Lipinski definition) is 4. The molecule has 0 aliphatic carbocycles. The minimum absolute atomic E-state index is 0.214. The highest BCUT2D eigenvalue weighted by atomic mass is 16.5. The van der Waals surface area contributed by atoms with E-state index in [9.17, 15) is 0 Å². The number of hydrogen-bond donors (Lipinski definition) is 1. The molecule has 116 valence electrons. The second-order valence-electron chi connectivity index (χ2n) is 5.27. The molecule has 0 bridgehead atoms. The number of rotatable bonds is 5. The van der Waals surface area contributed by atoms with Gasteiger partial charge in [0.1, 0.15) is 6.61 Å². The summed E-state index contributed by atoms with van der Waals surface area (Å²) in [5, 5.41) is 3.44. The van der Waals surface area contributed by atoms with E-state index in [0.717, 1.165) is 35.8 Å². The summed E-state index contributed by atoms with van der Waals surface area (Å²) in [5.74, 6) is 1.51. The van der Waals surface area contributed by atoms with Crippen LogP contribution in [0.2, 0.25) is 0 Å². The molecule has 3 rings (SSSR count). The van der Waals surface area contributed by atoms with Gasteiger partial charge in [-0.2, -0.15) is 0 Å². The van der Waals surface area contributed by atoms with Crippen LogP contribution in [0.15, 0.2) is 48.5 Å². The number of ether oxygens (including phenoxy) is 3. The van der Waals surface area contributed by atoms with Crippen molar-refractivity contribution in [3.63, 3.8) is 0 Å². The van der Waals surface area contributed by atoms with Crippen LogP contribution >= 0.6 is 0 Å². The van der Waals surface area contributed by atoms with Gasteiger partial charge in [0.15, 0.2) is 11.5 Å². The smallest absolute Gasteiger partial charge is 0.161 e. The summed E-state index contributed by atoms with van der Waals surface area (Å²) in [6, 6.07) is 16.4. The average Bonchev–Trinajstić information content (AvgIpc) is 2.61. The second kappa shape index (κ2) is 7.29. The van der Waals surface area contributed by atoms with Crippen LogP contribution in [0.5, 0.6) is 11.5 Å². The third-order valence-electron chi connectivity index (χ3n) is 3.75. The predicted octanol–water partition coefficient (Wildman–Crippen LogP) is 2.94. The molecule has 22 heavy (non-hydrogen) atoms.